The maximum absolute atomic E-state index is 12.3. The molecule has 2 aliphatic heterocycles. The second-order valence-corrected chi connectivity index (χ2v) is 6.19. The number of aliphatic hydroxyl groups is 5. The molecule has 2 aliphatic rings. The van der Waals surface area contributed by atoms with Gasteiger partial charge in [-0.3, -0.25) is 0 Å². The highest BCUT2D eigenvalue weighted by atomic mass is 16.8. The standard InChI is InChI=1S/C15H22O14/c1-24-11(21)8-5(17)4(16)6(18)13(27-8)29-15(14(23)26-3)10(20)7(19)9(28-15)12(22)25-2/h4-10,13,16-20H,1-3H3. The van der Waals surface area contributed by atoms with E-state index in [0.717, 1.165) is 21.3 Å². The fourth-order valence-corrected chi connectivity index (χ4v) is 2.91. The highest BCUT2D eigenvalue weighted by Crippen LogP contribution is 2.37. The van der Waals surface area contributed by atoms with Gasteiger partial charge in [0.05, 0.1) is 21.3 Å². The molecule has 9 atom stereocenters. The molecule has 29 heavy (non-hydrogen) atoms. The maximum Gasteiger partial charge on any atom is 0.369 e. The Kier molecular flexibility index (Phi) is 7.13. The van der Waals surface area contributed by atoms with Gasteiger partial charge < -0.3 is 54.0 Å². The van der Waals surface area contributed by atoms with Crippen LogP contribution in [-0.4, -0.2) is 120 Å². The molecule has 9 unspecified atom stereocenters. The fourth-order valence-electron chi connectivity index (χ4n) is 2.91. The highest BCUT2D eigenvalue weighted by Gasteiger charge is 2.66. The largest absolute Gasteiger partial charge is 0.467 e. The molecule has 2 rings (SSSR count). The molecule has 0 aliphatic carbocycles. The van der Waals surface area contributed by atoms with Crippen molar-refractivity contribution in [1.29, 1.82) is 0 Å². The molecule has 0 spiro atoms. The Morgan fingerprint density at radius 3 is 1.83 bits per heavy atom. The predicted octanol–water partition coefficient (Wildman–Crippen LogP) is -4.85. The monoisotopic (exact) mass is 426 g/mol. The summed E-state index contributed by atoms with van der Waals surface area (Å²) in [6, 6.07) is 0. The van der Waals surface area contributed by atoms with Crippen LogP contribution in [0.25, 0.3) is 0 Å². The Labute approximate surface area is 163 Å². The van der Waals surface area contributed by atoms with E-state index in [-0.39, 0.29) is 0 Å². The molecule has 0 radical (unpaired) electrons. The first kappa shape index (κ1) is 23.4. The number of esters is 3. The average Bonchev–Trinajstić information content (AvgIpc) is 2.98. The van der Waals surface area contributed by atoms with Gasteiger partial charge in [-0.25, -0.2) is 14.4 Å². The Morgan fingerprint density at radius 1 is 0.759 bits per heavy atom. The van der Waals surface area contributed by atoms with Crippen LogP contribution in [0, 0.1) is 0 Å². The number of rotatable bonds is 5. The first-order chi connectivity index (χ1) is 13.5. The van der Waals surface area contributed by atoms with Crippen LogP contribution in [0.1, 0.15) is 0 Å². The fraction of sp³-hybridized carbons (Fsp3) is 0.800. The molecule has 2 saturated heterocycles. The molecule has 14 nitrogen and oxygen atoms in total. The van der Waals surface area contributed by atoms with Gasteiger partial charge in [-0.1, -0.05) is 0 Å². The van der Waals surface area contributed by atoms with Crippen molar-refractivity contribution >= 4 is 17.9 Å². The van der Waals surface area contributed by atoms with E-state index in [1.165, 1.54) is 0 Å². The quantitative estimate of drug-likeness (QED) is 0.206. The highest BCUT2D eigenvalue weighted by molar-refractivity contribution is 5.83. The lowest BCUT2D eigenvalue weighted by molar-refractivity contribution is -0.364. The lowest BCUT2D eigenvalue weighted by Gasteiger charge is -2.42. The van der Waals surface area contributed by atoms with E-state index in [9.17, 15) is 39.9 Å². The Hall–Kier alpha value is -1.91. The van der Waals surface area contributed by atoms with E-state index in [2.05, 4.69) is 14.2 Å². The minimum atomic E-state index is -2.92. The van der Waals surface area contributed by atoms with Gasteiger partial charge in [0, 0.05) is 0 Å². The molecule has 2 heterocycles. The molecular weight excluding hydrogens is 404 g/mol. The van der Waals surface area contributed by atoms with Crippen LogP contribution in [0.2, 0.25) is 0 Å². The smallest absolute Gasteiger partial charge is 0.369 e. The van der Waals surface area contributed by atoms with Crippen molar-refractivity contribution in [2.24, 2.45) is 0 Å². The Morgan fingerprint density at radius 2 is 1.31 bits per heavy atom. The molecule has 0 aromatic carbocycles. The summed E-state index contributed by atoms with van der Waals surface area (Å²) >= 11 is 0. The van der Waals surface area contributed by atoms with Crippen molar-refractivity contribution < 1.29 is 68.3 Å². The zero-order chi connectivity index (χ0) is 22.1. The van der Waals surface area contributed by atoms with E-state index >= 15 is 0 Å². The Balaban J connectivity index is 2.38. The summed E-state index contributed by atoms with van der Waals surface area (Å²) in [4.78, 5) is 35.8. The van der Waals surface area contributed by atoms with Crippen molar-refractivity contribution in [3.8, 4) is 0 Å². The second-order valence-electron chi connectivity index (χ2n) is 6.19. The zero-order valence-corrected chi connectivity index (χ0v) is 15.5. The normalized spacial score (nSPS) is 42.2. The van der Waals surface area contributed by atoms with E-state index < -0.39 is 72.7 Å². The van der Waals surface area contributed by atoms with Gasteiger partial charge in [-0.2, -0.15) is 0 Å². The molecule has 0 aromatic rings. The van der Waals surface area contributed by atoms with Crippen molar-refractivity contribution in [2.45, 2.75) is 54.8 Å². The minimum Gasteiger partial charge on any atom is -0.467 e. The van der Waals surface area contributed by atoms with Gasteiger partial charge in [0.1, 0.15) is 30.5 Å². The van der Waals surface area contributed by atoms with Crippen LogP contribution >= 0.6 is 0 Å². The van der Waals surface area contributed by atoms with Crippen LogP contribution < -0.4 is 0 Å². The SMILES string of the molecule is COC(=O)C1OC(OC2(C(=O)OC)OC(C(=O)OC)C(O)C2O)C(O)C(O)C1O. The van der Waals surface area contributed by atoms with E-state index in [1.54, 1.807) is 0 Å². The summed E-state index contributed by atoms with van der Waals surface area (Å²) in [6.07, 6.45) is -16.1. The molecule has 5 N–H and O–H groups in total. The van der Waals surface area contributed by atoms with Crippen molar-refractivity contribution in [3.05, 3.63) is 0 Å². The van der Waals surface area contributed by atoms with Crippen LogP contribution in [-0.2, 0) is 42.8 Å². The molecule has 0 aromatic heterocycles. The number of ether oxygens (including phenoxy) is 6. The first-order valence-electron chi connectivity index (χ1n) is 8.21. The van der Waals surface area contributed by atoms with E-state index in [4.69, 9.17) is 14.2 Å². The van der Waals surface area contributed by atoms with Crippen LogP contribution in [0.4, 0.5) is 0 Å². The summed E-state index contributed by atoms with van der Waals surface area (Å²) in [5, 5.41) is 50.4. The number of methoxy groups -OCH3 is 3. The predicted molar refractivity (Wildman–Crippen MR) is 83.4 cm³/mol. The number of carbonyl (C=O) groups excluding carboxylic acids is 3. The minimum absolute atomic E-state index is 0.870. The van der Waals surface area contributed by atoms with Gasteiger partial charge in [0.15, 0.2) is 18.5 Å². The molecule has 166 valence electrons. The molecule has 0 saturated carbocycles. The van der Waals surface area contributed by atoms with Gasteiger partial charge in [-0.15, -0.1) is 0 Å². The van der Waals surface area contributed by atoms with Crippen LogP contribution in [0.3, 0.4) is 0 Å². The Bertz CT molecular complexity index is 639. The van der Waals surface area contributed by atoms with Crippen molar-refractivity contribution in [2.75, 3.05) is 21.3 Å². The topological polar surface area (TPSA) is 208 Å². The van der Waals surface area contributed by atoms with Crippen LogP contribution in [0.5, 0.6) is 0 Å². The first-order valence-corrected chi connectivity index (χ1v) is 8.21. The number of hydrogen-bond acceptors (Lipinski definition) is 14. The third kappa shape index (κ3) is 3.93. The lowest BCUT2D eigenvalue weighted by Crippen LogP contribution is -2.64. The van der Waals surface area contributed by atoms with Crippen LogP contribution in [0.15, 0.2) is 0 Å². The summed E-state index contributed by atoms with van der Waals surface area (Å²) < 4.78 is 28.7. The molecule has 2 fully saturated rings. The molecule has 14 heteroatoms. The van der Waals surface area contributed by atoms with Gasteiger partial charge in [0.2, 0.25) is 0 Å². The number of hydrogen-bond donors (Lipinski definition) is 5. The van der Waals surface area contributed by atoms with Crippen molar-refractivity contribution in [3.63, 3.8) is 0 Å². The van der Waals surface area contributed by atoms with E-state index in [1.807, 2.05) is 0 Å². The van der Waals surface area contributed by atoms with Crippen molar-refractivity contribution in [1.82, 2.24) is 0 Å². The zero-order valence-electron chi connectivity index (χ0n) is 15.5. The van der Waals surface area contributed by atoms with E-state index in [0.29, 0.717) is 0 Å². The maximum atomic E-state index is 12.3. The summed E-state index contributed by atoms with van der Waals surface area (Å²) in [6.45, 7) is 0. The van der Waals surface area contributed by atoms with Gasteiger partial charge >= 0.3 is 23.7 Å². The van der Waals surface area contributed by atoms with Gasteiger partial charge in [-0.05, 0) is 0 Å². The summed E-state index contributed by atoms with van der Waals surface area (Å²) in [7, 11) is 2.79. The van der Waals surface area contributed by atoms with Gasteiger partial charge in [0.25, 0.3) is 0 Å². The summed E-state index contributed by atoms with van der Waals surface area (Å²) in [5.74, 6) is -6.67. The summed E-state index contributed by atoms with van der Waals surface area (Å²) in [5.41, 5.74) is 0. The third-order valence-electron chi connectivity index (χ3n) is 4.52. The number of carbonyl (C=O) groups is 3. The lowest BCUT2D eigenvalue weighted by atomic mass is 9.98. The molecule has 0 bridgehead atoms. The third-order valence-corrected chi connectivity index (χ3v) is 4.52. The second kappa shape index (κ2) is 8.85. The average molecular weight is 426 g/mol. The number of aliphatic hydroxyl groups excluding tert-OH is 5. The molecule has 0 amide bonds. The molecular formula is C15H22O14.